The van der Waals surface area contributed by atoms with Gasteiger partial charge in [0.2, 0.25) is 6.41 Å². The fourth-order valence-electron chi connectivity index (χ4n) is 0.693. The van der Waals surface area contributed by atoms with Crippen molar-refractivity contribution >= 4 is 23.1 Å². The average molecular weight is 209 g/mol. The van der Waals surface area contributed by atoms with Gasteiger partial charge >= 0.3 is 5.97 Å². The molecule has 76 valence electrons. The van der Waals surface area contributed by atoms with Crippen LogP contribution in [0.1, 0.15) is 19.8 Å². The zero-order chi connectivity index (χ0) is 10.5. The van der Waals surface area contributed by atoms with Crippen LogP contribution in [0, 0.1) is 0 Å². The van der Waals surface area contributed by atoms with Crippen LogP contribution in [-0.4, -0.2) is 30.8 Å². The first-order chi connectivity index (χ1) is 5.92. The van der Waals surface area contributed by atoms with Crippen LogP contribution in [0.4, 0.5) is 0 Å². The zero-order valence-corrected chi connectivity index (χ0v) is 7.91. The van der Waals surface area contributed by atoms with Crippen molar-refractivity contribution in [3.05, 3.63) is 0 Å². The Kier molecular flexibility index (Phi) is 4.39. The van der Waals surface area contributed by atoms with Gasteiger partial charge in [-0.05, 0) is 13.3 Å². The SMILES string of the molecule is CC(CCC(=O)O)(NC=O)[SH](=O)=O. The number of nitrogens with one attached hydrogen (secondary N) is 1. The van der Waals surface area contributed by atoms with E-state index in [2.05, 4.69) is 5.32 Å². The summed E-state index contributed by atoms with van der Waals surface area (Å²) in [6.07, 6.45) is -0.201. The smallest absolute Gasteiger partial charge is 0.303 e. The van der Waals surface area contributed by atoms with Crippen LogP contribution in [0.25, 0.3) is 0 Å². The Morgan fingerprint density at radius 1 is 1.62 bits per heavy atom. The van der Waals surface area contributed by atoms with Crippen molar-refractivity contribution in [1.82, 2.24) is 5.32 Å². The fourth-order valence-corrected chi connectivity index (χ4v) is 1.15. The van der Waals surface area contributed by atoms with E-state index >= 15 is 0 Å². The molecular weight excluding hydrogens is 198 g/mol. The molecule has 0 aliphatic rings. The number of hydrogen-bond donors (Lipinski definition) is 3. The Hall–Kier alpha value is -1.11. The maximum atomic E-state index is 10.6. The van der Waals surface area contributed by atoms with E-state index in [-0.39, 0.29) is 19.3 Å². The van der Waals surface area contributed by atoms with Crippen molar-refractivity contribution in [2.75, 3.05) is 0 Å². The number of carboxylic acids is 1. The molecule has 0 fully saturated rings. The first-order valence-electron chi connectivity index (χ1n) is 3.50. The molecule has 7 heteroatoms. The first kappa shape index (κ1) is 11.9. The minimum Gasteiger partial charge on any atom is -0.481 e. The largest absolute Gasteiger partial charge is 0.481 e. The monoisotopic (exact) mass is 209 g/mol. The van der Waals surface area contributed by atoms with Gasteiger partial charge in [-0.25, -0.2) is 8.42 Å². The number of rotatable bonds is 6. The van der Waals surface area contributed by atoms with Crippen molar-refractivity contribution in [2.24, 2.45) is 0 Å². The lowest BCUT2D eigenvalue weighted by molar-refractivity contribution is -0.137. The number of amides is 1. The minimum atomic E-state index is -2.89. The lowest BCUT2D eigenvalue weighted by atomic mass is 10.2. The van der Waals surface area contributed by atoms with E-state index in [1.807, 2.05) is 0 Å². The molecule has 0 heterocycles. The summed E-state index contributed by atoms with van der Waals surface area (Å²) < 4.78 is 21.3. The molecule has 0 saturated heterocycles. The molecule has 0 radical (unpaired) electrons. The minimum absolute atomic E-state index is 0.139. The van der Waals surface area contributed by atoms with E-state index < -0.39 is 21.5 Å². The second-order valence-electron chi connectivity index (χ2n) is 2.69. The summed E-state index contributed by atoms with van der Waals surface area (Å²) in [4.78, 5) is 18.7. The highest BCUT2D eigenvalue weighted by atomic mass is 32.2. The second kappa shape index (κ2) is 4.80. The molecular formula is C6H11NO5S. The van der Waals surface area contributed by atoms with E-state index in [9.17, 15) is 18.0 Å². The highest BCUT2D eigenvalue weighted by molar-refractivity contribution is 7.74. The fraction of sp³-hybridized carbons (Fsp3) is 0.667. The molecule has 0 bridgehead atoms. The van der Waals surface area contributed by atoms with Gasteiger partial charge in [0.15, 0.2) is 10.7 Å². The molecule has 1 atom stereocenters. The molecule has 0 aliphatic heterocycles. The summed E-state index contributed by atoms with van der Waals surface area (Å²) in [5.74, 6) is -1.10. The third-order valence-electron chi connectivity index (χ3n) is 1.60. The van der Waals surface area contributed by atoms with Gasteiger partial charge in [-0.3, -0.25) is 9.59 Å². The molecule has 1 amide bonds. The van der Waals surface area contributed by atoms with Gasteiger partial charge in [0.25, 0.3) is 0 Å². The van der Waals surface area contributed by atoms with E-state index in [1.54, 1.807) is 0 Å². The number of hydrogen-bond acceptors (Lipinski definition) is 4. The standard InChI is InChI=1S/C6H11NO5S/c1-6(7-4-8,13(11)12)3-2-5(9)10/h4,13H,2-3H2,1H3,(H,7,8)(H,9,10). The van der Waals surface area contributed by atoms with Gasteiger partial charge in [0.1, 0.15) is 4.87 Å². The molecule has 0 aromatic carbocycles. The van der Waals surface area contributed by atoms with E-state index in [0.717, 1.165) is 0 Å². The van der Waals surface area contributed by atoms with Crippen molar-refractivity contribution in [3.63, 3.8) is 0 Å². The Bertz CT molecular complexity index is 266. The van der Waals surface area contributed by atoms with Crippen LogP contribution in [0.5, 0.6) is 0 Å². The third-order valence-corrected chi connectivity index (χ3v) is 2.76. The molecule has 2 N–H and O–H groups in total. The van der Waals surface area contributed by atoms with Crippen molar-refractivity contribution in [1.29, 1.82) is 0 Å². The number of carbonyl (C=O) groups excluding carboxylic acids is 1. The molecule has 0 rings (SSSR count). The van der Waals surface area contributed by atoms with Crippen molar-refractivity contribution in [3.8, 4) is 0 Å². The summed E-state index contributed by atoms with van der Waals surface area (Å²) in [7, 11) is -2.89. The number of aliphatic carboxylic acids is 1. The summed E-state index contributed by atoms with van der Waals surface area (Å²) in [6, 6.07) is 0. The third kappa shape index (κ3) is 3.88. The van der Waals surface area contributed by atoms with Crippen molar-refractivity contribution < 1.29 is 23.1 Å². The molecule has 1 unspecified atom stereocenters. The van der Waals surface area contributed by atoms with Crippen LogP contribution in [0.3, 0.4) is 0 Å². The predicted octanol–water partition coefficient (Wildman–Crippen LogP) is -1.08. The number of carbonyl (C=O) groups is 2. The maximum Gasteiger partial charge on any atom is 0.303 e. The maximum absolute atomic E-state index is 10.6. The molecule has 13 heavy (non-hydrogen) atoms. The molecule has 0 aromatic heterocycles. The second-order valence-corrected chi connectivity index (χ2v) is 4.19. The van der Waals surface area contributed by atoms with Crippen LogP contribution >= 0.6 is 0 Å². The molecule has 0 saturated carbocycles. The van der Waals surface area contributed by atoms with Crippen LogP contribution < -0.4 is 5.32 Å². The average Bonchev–Trinajstić information content (AvgIpc) is 2.01. The first-order valence-corrected chi connectivity index (χ1v) is 4.68. The topological polar surface area (TPSA) is 101 Å². The van der Waals surface area contributed by atoms with Crippen LogP contribution in [0.15, 0.2) is 0 Å². The molecule has 0 aromatic rings. The Morgan fingerprint density at radius 3 is 2.46 bits per heavy atom. The van der Waals surface area contributed by atoms with E-state index in [1.165, 1.54) is 6.92 Å². The Labute approximate surface area is 76.9 Å². The van der Waals surface area contributed by atoms with Gasteiger partial charge in [-0.1, -0.05) is 0 Å². The summed E-state index contributed by atoms with van der Waals surface area (Å²) in [6.45, 7) is 1.26. The Balaban J connectivity index is 4.41. The lowest BCUT2D eigenvalue weighted by Crippen LogP contribution is -2.43. The lowest BCUT2D eigenvalue weighted by Gasteiger charge is -2.20. The Morgan fingerprint density at radius 2 is 2.15 bits per heavy atom. The molecule has 0 spiro atoms. The van der Waals surface area contributed by atoms with Crippen LogP contribution in [0.2, 0.25) is 0 Å². The quantitative estimate of drug-likeness (QED) is 0.382. The summed E-state index contributed by atoms with van der Waals surface area (Å²) >= 11 is 0. The van der Waals surface area contributed by atoms with E-state index in [4.69, 9.17) is 5.11 Å². The summed E-state index contributed by atoms with van der Waals surface area (Å²) in [5, 5.41) is 10.4. The predicted molar refractivity (Wildman–Crippen MR) is 44.8 cm³/mol. The molecule has 6 nitrogen and oxygen atoms in total. The van der Waals surface area contributed by atoms with Crippen molar-refractivity contribution in [2.45, 2.75) is 24.6 Å². The van der Waals surface area contributed by atoms with Gasteiger partial charge < -0.3 is 10.4 Å². The number of carboxylic acid groups (broad SMARTS) is 1. The van der Waals surface area contributed by atoms with Gasteiger partial charge in [-0.2, -0.15) is 0 Å². The zero-order valence-electron chi connectivity index (χ0n) is 7.02. The van der Waals surface area contributed by atoms with E-state index in [0.29, 0.717) is 0 Å². The van der Waals surface area contributed by atoms with Gasteiger partial charge in [0, 0.05) is 6.42 Å². The normalized spacial score (nSPS) is 14.9. The highest BCUT2D eigenvalue weighted by Gasteiger charge is 2.27. The van der Waals surface area contributed by atoms with Gasteiger partial charge in [0.05, 0.1) is 0 Å². The number of thiol groups is 1. The highest BCUT2D eigenvalue weighted by Crippen LogP contribution is 2.12. The van der Waals surface area contributed by atoms with Crippen LogP contribution in [-0.2, 0) is 20.3 Å². The summed E-state index contributed by atoms with van der Waals surface area (Å²) in [5.41, 5.74) is 0. The molecule has 0 aliphatic carbocycles. The van der Waals surface area contributed by atoms with Gasteiger partial charge in [-0.15, -0.1) is 0 Å².